The summed E-state index contributed by atoms with van der Waals surface area (Å²) in [6, 6.07) is 0. The Morgan fingerprint density at radius 1 is 0.767 bits per heavy atom. The highest BCUT2D eigenvalue weighted by Crippen LogP contribution is 2.22. The summed E-state index contributed by atoms with van der Waals surface area (Å²) in [5.41, 5.74) is 0. The first kappa shape index (κ1) is 27.3. The molecule has 1 rings (SSSR count). The molecular formula is C23H44O7. The zero-order chi connectivity index (χ0) is 22.2. The van der Waals surface area contributed by atoms with E-state index in [4.69, 9.17) is 14.2 Å². The number of ether oxygens (including phenoxy) is 3. The molecule has 178 valence electrons. The van der Waals surface area contributed by atoms with Crippen molar-refractivity contribution in [3.63, 3.8) is 0 Å². The molecule has 1 saturated heterocycles. The van der Waals surface area contributed by atoms with Gasteiger partial charge >= 0.3 is 5.97 Å². The van der Waals surface area contributed by atoms with Crippen molar-refractivity contribution < 1.29 is 34.3 Å². The van der Waals surface area contributed by atoms with Crippen LogP contribution in [0.4, 0.5) is 0 Å². The van der Waals surface area contributed by atoms with E-state index in [1.54, 1.807) is 0 Å². The van der Waals surface area contributed by atoms with Crippen molar-refractivity contribution in [3.05, 3.63) is 0 Å². The zero-order valence-corrected chi connectivity index (χ0v) is 19.0. The van der Waals surface area contributed by atoms with E-state index in [-0.39, 0.29) is 12.6 Å². The number of unbranched alkanes of at least 4 members (excludes halogenated alkanes) is 12. The van der Waals surface area contributed by atoms with Crippen LogP contribution in [0.1, 0.15) is 96.8 Å². The fourth-order valence-electron chi connectivity index (χ4n) is 3.78. The Morgan fingerprint density at radius 3 is 1.77 bits per heavy atom. The normalized spacial score (nSPS) is 26.6. The molecule has 0 unspecified atom stereocenters. The van der Waals surface area contributed by atoms with Crippen LogP contribution in [-0.2, 0) is 19.0 Å². The van der Waals surface area contributed by atoms with Gasteiger partial charge in [0.2, 0.25) is 0 Å². The molecule has 7 nitrogen and oxygen atoms in total. The SMILES string of the molecule is CCCCCCCCCCCCCCCC(=O)OC[C@H]1O[C@H](OC)[C@@H](O)[C@@H](O)[C@@H]1O. The van der Waals surface area contributed by atoms with E-state index in [0.717, 1.165) is 19.3 Å². The number of carbonyl (C=O) groups is 1. The van der Waals surface area contributed by atoms with Crippen LogP contribution in [0.15, 0.2) is 0 Å². The van der Waals surface area contributed by atoms with Crippen molar-refractivity contribution >= 4 is 5.97 Å². The molecule has 7 heteroatoms. The molecule has 1 aliphatic heterocycles. The van der Waals surface area contributed by atoms with Crippen LogP contribution in [0.25, 0.3) is 0 Å². The lowest BCUT2D eigenvalue weighted by Gasteiger charge is -2.39. The standard InChI is InChI=1S/C23H44O7/c1-3-4-5-6-7-8-9-10-11-12-13-14-15-16-19(24)29-17-18-20(25)21(26)22(27)23(28-2)30-18/h18,20-23,25-27H,3-17H2,1-2H3/t18-,20-,21+,22+,23+/m1/s1. The number of aliphatic hydroxyl groups excluding tert-OH is 3. The first-order chi connectivity index (χ1) is 14.5. The van der Waals surface area contributed by atoms with Gasteiger partial charge in [-0.15, -0.1) is 0 Å². The Hall–Kier alpha value is -0.730. The van der Waals surface area contributed by atoms with Gasteiger partial charge < -0.3 is 29.5 Å². The van der Waals surface area contributed by atoms with E-state index >= 15 is 0 Å². The first-order valence-electron chi connectivity index (χ1n) is 11.9. The van der Waals surface area contributed by atoms with Gasteiger partial charge in [0.15, 0.2) is 6.29 Å². The minimum absolute atomic E-state index is 0.178. The van der Waals surface area contributed by atoms with E-state index in [9.17, 15) is 20.1 Å². The van der Waals surface area contributed by atoms with Crippen LogP contribution in [-0.4, -0.2) is 65.7 Å². The molecule has 0 bridgehead atoms. The summed E-state index contributed by atoms with van der Waals surface area (Å²) >= 11 is 0. The summed E-state index contributed by atoms with van der Waals surface area (Å²) in [5, 5.41) is 29.5. The summed E-state index contributed by atoms with van der Waals surface area (Å²) in [5.74, 6) is -0.344. The lowest BCUT2D eigenvalue weighted by molar-refractivity contribution is -0.295. The molecule has 0 aromatic carbocycles. The monoisotopic (exact) mass is 432 g/mol. The van der Waals surface area contributed by atoms with Gasteiger partial charge in [-0.3, -0.25) is 4.79 Å². The second-order valence-corrected chi connectivity index (χ2v) is 8.43. The fraction of sp³-hybridized carbons (Fsp3) is 0.957. The second-order valence-electron chi connectivity index (χ2n) is 8.43. The number of rotatable bonds is 17. The Balaban J connectivity index is 1.97. The Bertz CT molecular complexity index is 430. The third kappa shape index (κ3) is 11.0. The van der Waals surface area contributed by atoms with E-state index in [1.807, 2.05) is 0 Å². The molecule has 0 aromatic rings. The van der Waals surface area contributed by atoms with Gasteiger partial charge in [-0.2, -0.15) is 0 Å². The minimum atomic E-state index is -1.41. The first-order valence-corrected chi connectivity index (χ1v) is 11.9. The smallest absolute Gasteiger partial charge is 0.305 e. The van der Waals surface area contributed by atoms with Crippen LogP contribution in [0.2, 0.25) is 0 Å². The van der Waals surface area contributed by atoms with Gasteiger partial charge in [-0.25, -0.2) is 0 Å². The Kier molecular flexibility index (Phi) is 15.4. The molecule has 0 amide bonds. The molecule has 5 atom stereocenters. The van der Waals surface area contributed by atoms with Gasteiger partial charge in [-0.1, -0.05) is 84.0 Å². The average molecular weight is 433 g/mol. The molecule has 0 spiro atoms. The van der Waals surface area contributed by atoms with Gasteiger partial charge in [0.05, 0.1) is 0 Å². The maximum atomic E-state index is 11.9. The van der Waals surface area contributed by atoms with Crippen molar-refractivity contribution in [1.29, 1.82) is 0 Å². The molecule has 0 radical (unpaired) electrons. The minimum Gasteiger partial charge on any atom is -0.463 e. The second kappa shape index (κ2) is 16.9. The number of hydrogen-bond acceptors (Lipinski definition) is 7. The van der Waals surface area contributed by atoms with Gasteiger partial charge in [-0.05, 0) is 6.42 Å². The van der Waals surface area contributed by atoms with E-state index in [0.29, 0.717) is 6.42 Å². The zero-order valence-electron chi connectivity index (χ0n) is 19.0. The van der Waals surface area contributed by atoms with Crippen LogP contribution < -0.4 is 0 Å². The highest BCUT2D eigenvalue weighted by Gasteiger charge is 2.44. The maximum absolute atomic E-state index is 11.9. The van der Waals surface area contributed by atoms with Crippen LogP contribution >= 0.6 is 0 Å². The molecule has 0 aromatic heterocycles. The summed E-state index contributed by atoms with van der Waals surface area (Å²) in [6.45, 7) is 2.07. The van der Waals surface area contributed by atoms with E-state index in [2.05, 4.69) is 6.92 Å². The average Bonchev–Trinajstić information content (AvgIpc) is 2.75. The third-order valence-corrected chi connectivity index (χ3v) is 5.79. The molecule has 3 N–H and O–H groups in total. The third-order valence-electron chi connectivity index (χ3n) is 5.79. The van der Waals surface area contributed by atoms with Crippen LogP contribution in [0.5, 0.6) is 0 Å². The summed E-state index contributed by atoms with van der Waals surface area (Å²) in [4.78, 5) is 11.9. The van der Waals surface area contributed by atoms with Crippen LogP contribution in [0.3, 0.4) is 0 Å². The predicted octanol–water partition coefficient (Wildman–Crippen LogP) is 3.46. The molecule has 1 aliphatic rings. The topological polar surface area (TPSA) is 105 Å². The van der Waals surface area contributed by atoms with Crippen molar-refractivity contribution in [2.75, 3.05) is 13.7 Å². The number of methoxy groups -OCH3 is 1. The van der Waals surface area contributed by atoms with Crippen LogP contribution in [0, 0.1) is 0 Å². The lowest BCUT2D eigenvalue weighted by Crippen LogP contribution is -2.59. The highest BCUT2D eigenvalue weighted by atomic mass is 16.7. The summed E-state index contributed by atoms with van der Waals surface area (Å²) in [7, 11) is 1.33. The summed E-state index contributed by atoms with van der Waals surface area (Å²) in [6.07, 6.45) is 10.5. The number of hydrogen-bond donors (Lipinski definition) is 3. The van der Waals surface area contributed by atoms with Gasteiger partial charge in [0.25, 0.3) is 0 Å². The van der Waals surface area contributed by atoms with E-state index in [1.165, 1.54) is 71.3 Å². The maximum Gasteiger partial charge on any atom is 0.305 e. The van der Waals surface area contributed by atoms with E-state index < -0.39 is 30.7 Å². The quantitative estimate of drug-likeness (QED) is 0.239. The highest BCUT2D eigenvalue weighted by molar-refractivity contribution is 5.69. The van der Waals surface area contributed by atoms with Crippen molar-refractivity contribution in [2.24, 2.45) is 0 Å². The Labute approximate surface area is 182 Å². The van der Waals surface area contributed by atoms with Crippen molar-refractivity contribution in [2.45, 2.75) is 128 Å². The molecule has 1 heterocycles. The predicted molar refractivity (Wildman–Crippen MR) is 115 cm³/mol. The molecule has 0 saturated carbocycles. The number of esters is 1. The van der Waals surface area contributed by atoms with Crippen molar-refractivity contribution in [3.8, 4) is 0 Å². The molecule has 30 heavy (non-hydrogen) atoms. The van der Waals surface area contributed by atoms with Crippen molar-refractivity contribution in [1.82, 2.24) is 0 Å². The van der Waals surface area contributed by atoms with Gasteiger partial charge in [0, 0.05) is 13.5 Å². The molecular weight excluding hydrogens is 388 g/mol. The molecule has 1 fully saturated rings. The largest absolute Gasteiger partial charge is 0.463 e. The number of carbonyl (C=O) groups excluding carboxylic acids is 1. The fourth-order valence-corrected chi connectivity index (χ4v) is 3.78. The number of aliphatic hydroxyl groups is 3. The van der Waals surface area contributed by atoms with Gasteiger partial charge in [0.1, 0.15) is 31.0 Å². The lowest BCUT2D eigenvalue weighted by atomic mass is 9.99. The Morgan fingerprint density at radius 2 is 1.27 bits per heavy atom. The molecule has 0 aliphatic carbocycles. The summed E-state index contributed by atoms with van der Waals surface area (Å²) < 4.78 is 15.4.